The summed E-state index contributed by atoms with van der Waals surface area (Å²) in [6.45, 7) is 0.437. The summed E-state index contributed by atoms with van der Waals surface area (Å²) < 4.78 is 19.0. The van der Waals surface area contributed by atoms with Gasteiger partial charge in [-0.1, -0.05) is 41.9 Å². The molecule has 4 rings (SSSR count). The standard InChI is InChI=1S/C22H15ClFNO2/c23-18-7-3-1-5-15(18)13-25-20-17-6-2-4-8-19(17)27-22(20)21(26)14-9-11-16(24)12-10-14/h1-12,25H,13H2. The summed E-state index contributed by atoms with van der Waals surface area (Å²) in [5.74, 6) is -0.518. The Hall–Kier alpha value is -3.11. The second-order valence-corrected chi connectivity index (χ2v) is 6.49. The van der Waals surface area contributed by atoms with E-state index in [-0.39, 0.29) is 11.5 Å². The molecule has 1 heterocycles. The van der Waals surface area contributed by atoms with Crippen LogP contribution in [0.3, 0.4) is 0 Å². The van der Waals surface area contributed by atoms with Gasteiger partial charge in [-0.15, -0.1) is 0 Å². The first kappa shape index (κ1) is 17.3. The molecule has 0 aliphatic heterocycles. The number of ketones is 1. The Morgan fingerprint density at radius 1 is 0.963 bits per heavy atom. The van der Waals surface area contributed by atoms with Gasteiger partial charge >= 0.3 is 0 Å². The molecule has 0 amide bonds. The number of furan rings is 1. The summed E-state index contributed by atoms with van der Waals surface area (Å²) in [5, 5.41) is 4.73. The Bertz CT molecular complexity index is 1120. The van der Waals surface area contributed by atoms with Crippen LogP contribution in [0.15, 0.2) is 77.2 Å². The lowest BCUT2D eigenvalue weighted by Gasteiger charge is -2.08. The minimum Gasteiger partial charge on any atom is -0.450 e. The second-order valence-electron chi connectivity index (χ2n) is 6.08. The fourth-order valence-electron chi connectivity index (χ4n) is 2.94. The summed E-state index contributed by atoms with van der Waals surface area (Å²) in [7, 11) is 0. The molecule has 0 radical (unpaired) electrons. The van der Waals surface area contributed by atoms with Gasteiger partial charge in [0.05, 0.1) is 5.69 Å². The summed E-state index contributed by atoms with van der Waals surface area (Å²) in [4.78, 5) is 12.9. The maximum atomic E-state index is 13.2. The molecule has 0 saturated heterocycles. The van der Waals surface area contributed by atoms with Gasteiger partial charge in [-0.05, 0) is 48.0 Å². The van der Waals surface area contributed by atoms with E-state index in [2.05, 4.69) is 5.32 Å². The molecule has 1 aromatic heterocycles. The number of halogens is 2. The highest BCUT2D eigenvalue weighted by molar-refractivity contribution is 6.31. The molecule has 5 heteroatoms. The van der Waals surface area contributed by atoms with Crippen molar-refractivity contribution in [2.45, 2.75) is 6.54 Å². The van der Waals surface area contributed by atoms with E-state index in [0.717, 1.165) is 10.9 Å². The monoisotopic (exact) mass is 379 g/mol. The van der Waals surface area contributed by atoms with Gasteiger partial charge in [-0.25, -0.2) is 4.39 Å². The molecule has 3 nitrogen and oxygen atoms in total. The Balaban J connectivity index is 1.74. The number of rotatable bonds is 5. The molecule has 0 aliphatic rings. The number of benzene rings is 3. The average molecular weight is 380 g/mol. The molecular weight excluding hydrogens is 365 g/mol. The van der Waals surface area contributed by atoms with Crippen LogP contribution in [-0.4, -0.2) is 5.78 Å². The predicted molar refractivity (Wildman–Crippen MR) is 105 cm³/mol. The largest absolute Gasteiger partial charge is 0.450 e. The normalized spacial score (nSPS) is 10.9. The maximum absolute atomic E-state index is 13.2. The molecule has 0 saturated carbocycles. The third-order valence-corrected chi connectivity index (χ3v) is 4.69. The van der Waals surface area contributed by atoms with Crippen LogP contribution in [0.1, 0.15) is 21.7 Å². The number of fused-ring (bicyclic) bond motifs is 1. The number of carbonyl (C=O) groups excluding carboxylic acids is 1. The van der Waals surface area contributed by atoms with Crippen LogP contribution in [0.5, 0.6) is 0 Å². The van der Waals surface area contributed by atoms with Gasteiger partial charge in [-0.2, -0.15) is 0 Å². The second kappa shape index (κ2) is 7.25. The van der Waals surface area contributed by atoms with Gasteiger partial charge in [0, 0.05) is 22.5 Å². The zero-order chi connectivity index (χ0) is 18.8. The Morgan fingerprint density at radius 2 is 1.67 bits per heavy atom. The highest BCUT2D eigenvalue weighted by Crippen LogP contribution is 2.33. The maximum Gasteiger partial charge on any atom is 0.230 e. The molecule has 4 aromatic rings. The first-order chi connectivity index (χ1) is 13.1. The summed E-state index contributed by atoms with van der Waals surface area (Å²) in [6.07, 6.45) is 0. The highest BCUT2D eigenvalue weighted by atomic mass is 35.5. The van der Waals surface area contributed by atoms with Crippen LogP contribution < -0.4 is 5.32 Å². The van der Waals surface area contributed by atoms with Crippen molar-refractivity contribution in [1.82, 2.24) is 0 Å². The van der Waals surface area contributed by atoms with Crippen LogP contribution in [0.2, 0.25) is 5.02 Å². The van der Waals surface area contributed by atoms with Crippen molar-refractivity contribution in [2.75, 3.05) is 5.32 Å². The van der Waals surface area contributed by atoms with E-state index in [1.807, 2.05) is 42.5 Å². The number of nitrogens with one attached hydrogen (secondary N) is 1. The van der Waals surface area contributed by atoms with Gasteiger partial charge in [-0.3, -0.25) is 4.79 Å². The van der Waals surface area contributed by atoms with Gasteiger partial charge < -0.3 is 9.73 Å². The van der Waals surface area contributed by atoms with Crippen molar-refractivity contribution in [3.8, 4) is 0 Å². The number of para-hydroxylation sites is 1. The van der Waals surface area contributed by atoms with Crippen LogP contribution in [0.4, 0.5) is 10.1 Å². The van der Waals surface area contributed by atoms with E-state index in [4.69, 9.17) is 16.0 Å². The molecule has 0 aliphatic carbocycles. The third-order valence-electron chi connectivity index (χ3n) is 4.32. The highest BCUT2D eigenvalue weighted by Gasteiger charge is 2.22. The van der Waals surface area contributed by atoms with Gasteiger partial charge in [0.25, 0.3) is 0 Å². The number of hydrogen-bond donors (Lipinski definition) is 1. The van der Waals surface area contributed by atoms with Crippen molar-refractivity contribution in [2.24, 2.45) is 0 Å². The third kappa shape index (κ3) is 3.44. The molecule has 27 heavy (non-hydrogen) atoms. The summed E-state index contributed by atoms with van der Waals surface area (Å²) in [5.41, 5.74) is 2.46. The van der Waals surface area contributed by atoms with Crippen LogP contribution in [-0.2, 0) is 6.54 Å². The SMILES string of the molecule is O=C(c1ccc(F)cc1)c1oc2ccccc2c1NCc1ccccc1Cl. The van der Waals surface area contributed by atoms with Crippen molar-refractivity contribution in [3.05, 3.63) is 101 Å². The first-order valence-electron chi connectivity index (χ1n) is 8.42. The molecule has 134 valence electrons. The van der Waals surface area contributed by atoms with E-state index in [1.54, 1.807) is 6.07 Å². The number of carbonyl (C=O) groups is 1. The van der Waals surface area contributed by atoms with Crippen molar-refractivity contribution < 1.29 is 13.6 Å². The topological polar surface area (TPSA) is 42.2 Å². The van der Waals surface area contributed by atoms with E-state index in [9.17, 15) is 9.18 Å². The molecule has 0 fully saturated rings. The zero-order valence-corrected chi connectivity index (χ0v) is 15.0. The van der Waals surface area contributed by atoms with Gasteiger partial charge in [0.15, 0.2) is 5.76 Å². The Morgan fingerprint density at radius 3 is 2.44 bits per heavy atom. The summed E-state index contributed by atoms with van der Waals surface area (Å²) >= 11 is 6.23. The average Bonchev–Trinajstić information content (AvgIpc) is 3.06. The molecule has 3 aromatic carbocycles. The number of hydrogen-bond acceptors (Lipinski definition) is 3. The predicted octanol–water partition coefficient (Wildman–Crippen LogP) is 6.07. The lowest BCUT2D eigenvalue weighted by atomic mass is 10.1. The van der Waals surface area contributed by atoms with Gasteiger partial charge in [0.1, 0.15) is 11.4 Å². The van der Waals surface area contributed by atoms with E-state index < -0.39 is 5.82 Å². The van der Waals surface area contributed by atoms with Gasteiger partial charge in [0.2, 0.25) is 5.78 Å². The fourth-order valence-corrected chi connectivity index (χ4v) is 3.14. The number of anilines is 1. The molecule has 0 bridgehead atoms. The Labute approximate surface area is 160 Å². The minimum absolute atomic E-state index is 0.190. The van der Waals surface area contributed by atoms with Crippen molar-refractivity contribution in [1.29, 1.82) is 0 Å². The minimum atomic E-state index is -0.395. The van der Waals surface area contributed by atoms with E-state index in [1.165, 1.54) is 24.3 Å². The lowest BCUT2D eigenvalue weighted by Crippen LogP contribution is -2.06. The fraction of sp³-hybridized carbons (Fsp3) is 0.0455. The molecule has 0 unspecified atom stereocenters. The van der Waals surface area contributed by atoms with Crippen LogP contribution in [0.25, 0.3) is 11.0 Å². The van der Waals surface area contributed by atoms with E-state index >= 15 is 0 Å². The first-order valence-corrected chi connectivity index (χ1v) is 8.80. The van der Waals surface area contributed by atoms with E-state index in [0.29, 0.717) is 28.4 Å². The molecular formula is C22H15ClFNO2. The zero-order valence-electron chi connectivity index (χ0n) is 14.2. The molecule has 0 atom stereocenters. The van der Waals surface area contributed by atoms with Crippen LogP contribution >= 0.6 is 11.6 Å². The van der Waals surface area contributed by atoms with Crippen LogP contribution in [0, 0.1) is 5.82 Å². The van der Waals surface area contributed by atoms with Crippen molar-refractivity contribution in [3.63, 3.8) is 0 Å². The van der Waals surface area contributed by atoms with Crippen molar-refractivity contribution >= 4 is 34.0 Å². The quantitative estimate of drug-likeness (QED) is 0.428. The molecule has 1 N–H and O–H groups in total. The molecule has 0 spiro atoms. The lowest BCUT2D eigenvalue weighted by molar-refractivity contribution is 0.101. The smallest absolute Gasteiger partial charge is 0.230 e. The summed E-state index contributed by atoms with van der Waals surface area (Å²) in [6, 6.07) is 20.3. The Kier molecular flexibility index (Phi) is 4.65.